The van der Waals surface area contributed by atoms with Gasteiger partial charge in [-0.15, -0.1) is 0 Å². The third-order valence-corrected chi connectivity index (χ3v) is 2.14. The lowest BCUT2D eigenvalue weighted by molar-refractivity contribution is 0.111. The zero-order valence-corrected chi connectivity index (χ0v) is 10.0. The normalized spacial score (nSPS) is 10.0. The van der Waals surface area contributed by atoms with Crippen LogP contribution in [0.3, 0.4) is 0 Å². The number of benzene rings is 1. The number of aliphatic hydroxyl groups excluding tert-OH is 1. The molecule has 0 saturated heterocycles. The minimum Gasteiger partial charge on any atom is -0.493 e. The molecular formula is C13H18O4. The van der Waals surface area contributed by atoms with Crippen molar-refractivity contribution in [2.24, 2.45) is 0 Å². The van der Waals surface area contributed by atoms with Gasteiger partial charge in [0.05, 0.1) is 18.8 Å². The molecule has 0 spiro atoms. The lowest BCUT2D eigenvalue weighted by Gasteiger charge is -2.10. The standard InChI is InChI=1S/C13H18O4/c1-2-7-16-12-5-4-11(10-15)13(9-12)17-8-3-6-14/h4-5,9-10,14H,2-3,6-8H2,1H3. The molecule has 4 nitrogen and oxygen atoms in total. The fourth-order valence-electron chi connectivity index (χ4n) is 1.29. The molecule has 1 aromatic carbocycles. The average molecular weight is 238 g/mol. The number of carbonyl (C=O) groups is 1. The van der Waals surface area contributed by atoms with E-state index in [1.807, 2.05) is 6.92 Å². The molecule has 1 N–H and O–H groups in total. The molecular weight excluding hydrogens is 220 g/mol. The highest BCUT2D eigenvalue weighted by atomic mass is 16.5. The maximum atomic E-state index is 10.8. The van der Waals surface area contributed by atoms with Crippen LogP contribution in [0.5, 0.6) is 11.5 Å². The maximum Gasteiger partial charge on any atom is 0.153 e. The Bertz CT molecular complexity index is 349. The van der Waals surface area contributed by atoms with Gasteiger partial charge in [0.15, 0.2) is 6.29 Å². The number of hydrogen-bond acceptors (Lipinski definition) is 4. The molecule has 17 heavy (non-hydrogen) atoms. The largest absolute Gasteiger partial charge is 0.493 e. The third kappa shape index (κ3) is 4.44. The van der Waals surface area contributed by atoms with Crippen molar-refractivity contribution in [3.63, 3.8) is 0 Å². The number of hydrogen-bond donors (Lipinski definition) is 1. The summed E-state index contributed by atoms with van der Waals surface area (Å²) in [5, 5.41) is 8.67. The Balaban J connectivity index is 2.71. The minimum absolute atomic E-state index is 0.0719. The summed E-state index contributed by atoms with van der Waals surface area (Å²) in [4.78, 5) is 10.8. The van der Waals surface area contributed by atoms with Gasteiger partial charge in [0, 0.05) is 19.1 Å². The van der Waals surface area contributed by atoms with E-state index < -0.39 is 0 Å². The number of aliphatic hydroxyl groups is 1. The zero-order valence-electron chi connectivity index (χ0n) is 10.0. The molecule has 4 heteroatoms. The van der Waals surface area contributed by atoms with Crippen LogP contribution in [0.15, 0.2) is 18.2 Å². The van der Waals surface area contributed by atoms with E-state index in [2.05, 4.69) is 0 Å². The fourth-order valence-corrected chi connectivity index (χ4v) is 1.29. The Labute approximate surface area is 101 Å². The topological polar surface area (TPSA) is 55.8 Å². The van der Waals surface area contributed by atoms with Crippen molar-refractivity contribution in [1.82, 2.24) is 0 Å². The predicted molar refractivity (Wildman–Crippen MR) is 64.8 cm³/mol. The van der Waals surface area contributed by atoms with Gasteiger partial charge in [-0.2, -0.15) is 0 Å². The summed E-state index contributed by atoms with van der Waals surface area (Å²) >= 11 is 0. The second kappa shape index (κ2) is 7.68. The Morgan fingerprint density at radius 3 is 2.76 bits per heavy atom. The molecule has 0 aromatic heterocycles. The summed E-state index contributed by atoms with van der Waals surface area (Å²) in [6, 6.07) is 5.13. The summed E-state index contributed by atoms with van der Waals surface area (Å²) in [5.74, 6) is 1.19. The summed E-state index contributed by atoms with van der Waals surface area (Å²) in [6.45, 7) is 3.12. The summed E-state index contributed by atoms with van der Waals surface area (Å²) in [6.07, 6.45) is 2.21. The molecule has 0 aliphatic rings. The molecule has 0 saturated carbocycles. The number of aldehydes is 1. The van der Waals surface area contributed by atoms with Gasteiger partial charge in [-0.05, 0) is 18.6 Å². The molecule has 0 fully saturated rings. The van der Waals surface area contributed by atoms with E-state index in [4.69, 9.17) is 14.6 Å². The van der Waals surface area contributed by atoms with Crippen LogP contribution in [-0.4, -0.2) is 31.2 Å². The van der Waals surface area contributed by atoms with E-state index in [1.165, 1.54) is 0 Å². The van der Waals surface area contributed by atoms with Crippen LogP contribution in [0.4, 0.5) is 0 Å². The molecule has 1 rings (SSSR count). The van der Waals surface area contributed by atoms with Crippen LogP contribution in [0.1, 0.15) is 30.1 Å². The highest BCUT2D eigenvalue weighted by molar-refractivity contribution is 5.79. The van der Waals surface area contributed by atoms with E-state index in [0.717, 1.165) is 12.7 Å². The van der Waals surface area contributed by atoms with Gasteiger partial charge in [-0.1, -0.05) is 6.92 Å². The highest BCUT2D eigenvalue weighted by Crippen LogP contribution is 2.24. The van der Waals surface area contributed by atoms with Crippen molar-refractivity contribution in [2.75, 3.05) is 19.8 Å². The van der Waals surface area contributed by atoms with Crippen molar-refractivity contribution in [1.29, 1.82) is 0 Å². The van der Waals surface area contributed by atoms with Crippen LogP contribution in [0, 0.1) is 0 Å². The molecule has 0 bridgehead atoms. The van der Waals surface area contributed by atoms with Crippen LogP contribution < -0.4 is 9.47 Å². The summed E-state index contributed by atoms with van der Waals surface area (Å²) < 4.78 is 10.9. The van der Waals surface area contributed by atoms with Crippen molar-refractivity contribution >= 4 is 6.29 Å². The molecule has 0 amide bonds. The lowest BCUT2D eigenvalue weighted by Crippen LogP contribution is -2.03. The lowest BCUT2D eigenvalue weighted by atomic mass is 10.2. The van der Waals surface area contributed by atoms with Crippen LogP contribution in [0.2, 0.25) is 0 Å². The van der Waals surface area contributed by atoms with E-state index in [1.54, 1.807) is 18.2 Å². The van der Waals surface area contributed by atoms with E-state index in [-0.39, 0.29) is 6.61 Å². The monoisotopic (exact) mass is 238 g/mol. The molecule has 94 valence electrons. The molecule has 0 radical (unpaired) electrons. The number of ether oxygens (including phenoxy) is 2. The Kier molecular flexibility index (Phi) is 6.10. The van der Waals surface area contributed by atoms with Crippen LogP contribution in [0.25, 0.3) is 0 Å². The molecule has 0 aliphatic heterocycles. The second-order valence-corrected chi connectivity index (χ2v) is 3.59. The highest BCUT2D eigenvalue weighted by Gasteiger charge is 2.05. The molecule has 0 unspecified atom stereocenters. The van der Waals surface area contributed by atoms with Crippen LogP contribution in [-0.2, 0) is 0 Å². The van der Waals surface area contributed by atoms with Crippen LogP contribution >= 0.6 is 0 Å². The molecule has 0 aliphatic carbocycles. The van der Waals surface area contributed by atoms with Gasteiger partial charge >= 0.3 is 0 Å². The van der Waals surface area contributed by atoms with E-state index in [9.17, 15) is 4.79 Å². The first-order valence-electron chi connectivity index (χ1n) is 5.77. The number of carbonyl (C=O) groups excluding carboxylic acids is 1. The van der Waals surface area contributed by atoms with Gasteiger partial charge in [0.1, 0.15) is 11.5 Å². The van der Waals surface area contributed by atoms with Gasteiger partial charge in [0.25, 0.3) is 0 Å². The molecule has 0 heterocycles. The second-order valence-electron chi connectivity index (χ2n) is 3.59. The first-order valence-corrected chi connectivity index (χ1v) is 5.77. The Morgan fingerprint density at radius 1 is 1.29 bits per heavy atom. The summed E-state index contributed by atoms with van der Waals surface area (Å²) in [7, 11) is 0. The third-order valence-electron chi connectivity index (χ3n) is 2.14. The fraction of sp³-hybridized carbons (Fsp3) is 0.462. The van der Waals surface area contributed by atoms with Crippen molar-refractivity contribution in [3.8, 4) is 11.5 Å². The Hall–Kier alpha value is -1.55. The van der Waals surface area contributed by atoms with Gasteiger partial charge in [-0.3, -0.25) is 4.79 Å². The summed E-state index contributed by atoms with van der Waals surface area (Å²) in [5.41, 5.74) is 0.492. The first kappa shape index (κ1) is 13.5. The van der Waals surface area contributed by atoms with Gasteiger partial charge in [-0.25, -0.2) is 0 Å². The number of rotatable bonds is 8. The maximum absolute atomic E-state index is 10.8. The smallest absolute Gasteiger partial charge is 0.153 e. The van der Waals surface area contributed by atoms with Gasteiger partial charge < -0.3 is 14.6 Å². The van der Waals surface area contributed by atoms with E-state index in [0.29, 0.717) is 36.7 Å². The van der Waals surface area contributed by atoms with Crippen molar-refractivity contribution in [3.05, 3.63) is 23.8 Å². The average Bonchev–Trinajstić information content (AvgIpc) is 2.37. The Morgan fingerprint density at radius 2 is 2.12 bits per heavy atom. The zero-order chi connectivity index (χ0) is 12.5. The predicted octanol–water partition coefficient (Wildman–Crippen LogP) is 2.05. The van der Waals surface area contributed by atoms with Crippen molar-refractivity contribution < 1.29 is 19.4 Å². The SMILES string of the molecule is CCCOc1ccc(C=O)c(OCCCO)c1. The molecule has 1 aromatic rings. The molecule has 0 atom stereocenters. The minimum atomic E-state index is 0.0719. The quantitative estimate of drug-likeness (QED) is 0.556. The van der Waals surface area contributed by atoms with Gasteiger partial charge in [0.2, 0.25) is 0 Å². The van der Waals surface area contributed by atoms with E-state index >= 15 is 0 Å². The first-order chi connectivity index (χ1) is 8.31. The van der Waals surface area contributed by atoms with Crippen molar-refractivity contribution in [2.45, 2.75) is 19.8 Å².